The largest absolute Gasteiger partial charge is 0.465 e. The minimum absolute atomic E-state index is 0.360. The van der Waals surface area contributed by atoms with Crippen LogP contribution in [0.1, 0.15) is 10.4 Å². The number of esters is 1. The standard InChI is InChI=1S/C20H15N3O2S/c1-25-19(24)15-10-5-6-11-16(15)26-18-17(14-8-3-2-4-9-14)22-20-21-12-7-13-23(18)20/h2-13H,1H3. The molecule has 0 radical (unpaired) electrons. The highest BCUT2D eigenvalue weighted by Gasteiger charge is 2.19. The van der Waals surface area contributed by atoms with Gasteiger partial charge in [-0.1, -0.05) is 54.2 Å². The fraction of sp³-hybridized carbons (Fsp3) is 0.0500. The van der Waals surface area contributed by atoms with Crippen LogP contribution in [0.15, 0.2) is 83.0 Å². The van der Waals surface area contributed by atoms with Crippen molar-refractivity contribution in [3.63, 3.8) is 0 Å². The van der Waals surface area contributed by atoms with Gasteiger partial charge >= 0.3 is 5.97 Å². The first kappa shape index (κ1) is 16.4. The van der Waals surface area contributed by atoms with Crippen LogP contribution in [0.4, 0.5) is 0 Å². The number of carbonyl (C=O) groups excluding carboxylic acids is 1. The molecule has 2 aromatic carbocycles. The van der Waals surface area contributed by atoms with Gasteiger partial charge in [0.2, 0.25) is 5.78 Å². The first-order chi connectivity index (χ1) is 12.8. The summed E-state index contributed by atoms with van der Waals surface area (Å²) in [6.45, 7) is 0. The molecule has 0 saturated heterocycles. The van der Waals surface area contributed by atoms with Gasteiger partial charge < -0.3 is 4.74 Å². The van der Waals surface area contributed by atoms with E-state index in [1.807, 2.05) is 65.2 Å². The summed E-state index contributed by atoms with van der Waals surface area (Å²) in [6, 6.07) is 19.2. The van der Waals surface area contributed by atoms with E-state index in [-0.39, 0.29) is 5.97 Å². The average molecular weight is 361 g/mol. The van der Waals surface area contributed by atoms with Crippen molar-refractivity contribution in [2.75, 3.05) is 7.11 Å². The van der Waals surface area contributed by atoms with Crippen LogP contribution in [0.5, 0.6) is 0 Å². The van der Waals surface area contributed by atoms with E-state index in [0.29, 0.717) is 11.3 Å². The Labute approximate surface area is 154 Å². The second-order valence-corrected chi connectivity index (χ2v) is 6.54. The summed E-state index contributed by atoms with van der Waals surface area (Å²) in [7, 11) is 1.39. The van der Waals surface area contributed by atoms with E-state index >= 15 is 0 Å². The predicted molar refractivity (Wildman–Crippen MR) is 100 cm³/mol. The molecule has 128 valence electrons. The van der Waals surface area contributed by atoms with Crippen LogP contribution in [-0.2, 0) is 4.74 Å². The highest BCUT2D eigenvalue weighted by Crippen LogP contribution is 2.37. The Morgan fingerprint density at radius 3 is 2.62 bits per heavy atom. The van der Waals surface area contributed by atoms with Gasteiger partial charge in [0.25, 0.3) is 0 Å². The van der Waals surface area contributed by atoms with Crippen molar-refractivity contribution >= 4 is 23.5 Å². The second-order valence-electron chi connectivity index (χ2n) is 5.51. The van der Waals surface area contributed by atoms with Gasteiger partial charge in [-0.15, -0.1) is 0 Å². The monoisotopic (exact) mass is 361 g/mol. The second kappa shape index (κ2) is 7.01. The van der Waals surface area contributed by atoms with Crippen molar-refractivity contribution in [2.45, 2.75) is 9.92 Å². The van der Waals surface area contributed by atoms with Crippen LogP contribution < -0.4 is 0 Å². The number of benzene rings is 2. The summed E-state index contributed by atoms with van der Waals surface area (Å²) in [5.74, 6) is 0.255. The molecule has 2 heterocycles. The van der Waals surface area contributed by atoms with Gasteiger partial charge in [0.1, 0.15) is 10.7 Å². The lowest BCUT2D eigenvalue weighted by Gasteiger charge is -2.09. The fourth-order valence-corrected chi connectivity index (χ4v) is 3.80. The normalized spacial score (nSPS) is 10.8. The van der Waals surface area contributed by atoms with Crippen molar-refractivity contribution in [2.24, 2.45) is 0 Å². The first-order valence-electron chi connectivity index (χ1n) is 8.01. The van der Waals surface area contributed by atoms with Crippen molar-refractivity contribution in [1.82, 2.24) is 14.4 Å². The Kier molecular flexibility index (Phi) is 4.41. The molecule has 4 rings (SSSR count). The third-order valence-corrected chi connectivity index (χ3v) is 5.07. The van der Waals surface area contributed by atoms with Gasteiger partial charge in [-0.25, -0.2) is 14.8 Å². The molecule has 0 amide bonds. The maximum Gasteiger partial charge on any atom is 0.339 e. The molecule has 5 nitrogen and oxygen atoms in total. The smallest absolute Gasteiger partial charge is 0.339 e. The molecular formula is C20H15N3O2S. The number of hydrogen-bond donors (Lipinski definition) is 0. The van der Waals surface area contributed by atoms with Gasteiger partial charge in [-0.2, -0.15) is 0 Å². The highest BCUT2D eigenvalue weighted by atomic mass is 32.2. The van der Waals surface area contributed by atoms with E-state index in [9.17, 15) is 4.79 Å². The van der Waals surface area contributed by atoms with E-state index in [0.717, 1.165) is 21.2 Å². The molecule has 0 fully saturated rings. The number of methoxy groups -OCH3 is 1. The topological polar surface area (TPSA) is 56.5 Å². The van der Waals surface area contributed by atoms with Crippen LogP contribution in [0.25, 0.3) is 17.0 Å². The van der Waals surface area contributed by atoms with Crippen molar-refractivity contribution in [1.29, 1.82) is 0 Å². The van der Waals surface area contributed by atoms with E-state index in [1.54, 1.807) is 12.3 Å². The van der Waals surface area contributed by atoms with Crippen molar-refractivity contribution in [3.05, 3.63) is 78.6 Å². The summed E-state index contributed by atoms with van der Waals surface area (Å²) in [5, 5.41) is 0.899. The van der Waals surface area contributed by atoms with Crippen LogP contribution in [0, 0.1) is 0 Å². The van der Waals surface area contributed by atoms with Crippen LogP contribution in [0.2, 0.25) is 0 Å². The maximum atomic E-state index is 12.1. The Balaban J connectivity index is 1.88. The number of ether oxygens (including phenoxy) is 1. The lowest BCUT2D eigenvalue weighted by Crippen LogP contribution is -2.03. The molecule has 6 heteroatoms. The van der Waals surface area contributed by atoms with Gasteiger partial charge in [-0.05, 0) is 18.2 Å². The van der Waals surface area contributed by atoms with E-state index < -0.39 is 0 Å². The summed E-state index contributed by atoms with van der Waals surface area (Å²) >= 11 is 1.48. The molecule has 26 heavy (non-hydrogen) atoms. The predicted octanol–water partition coefficient (Wildman–Crippen LogP) is 4.33. The minimum Gasteiger partial charge on any atom is -0.465 e. The lowest BCUT2D eigenvalue weighted by atomic mass is 10.2. The summed E-state index contributed by atoms with van der Waals surface area (Å²) in [4.78, 5) is 22.0. The van der Waals surface area contributed by atoms with Crippen LogP contribution >= 0.6 is 11.8 Å². The van der Waals surface area contributed by atoms with Crippen molar-refractivity contribution < 1.29 is 9.53 Å². The third-order valence-electron chi connectivity index (χ3n) is 3.91. The Bertz CT molecular complexity index is 1080. The van der Waals surface area contributed by atoms with E-state index in [2.05, 4.69) is 9.97 Å². The van der Waals surface area contributed by atoms with Crippen LogP contribution in [-0.4, -0.2) is 27.4 Å². The van der Waals surface area contributed by atoms with Crippen LogP contribution in [0.3, 0.4) is 0 Å². The zero-order valence-electron chi connectivity index (χ0n) is 14.0. The van der Waals surface area contributed by atoms with Gasteiger partial charge in [0.15, 0.2) is 0 Å². The number of fused-ring (bicyclic) bond motifs is 1. The fourth-order valence-electron chi connectivity index (χ4n) is 2.69. The number of rotatable bonds is 4. The summed E-state index contributed by atoms with van der Waals surface area (Å²) in [6.07, 6.45) is 3.64. The average Bonchev–Trinajstić information content (AvgIpc) is 3.07. The number of aromatic nitrogens is 3. The zero-order valence-corrected chi connectivity index (χ0v) is 14.8. The maximum absolute atomic E-state index is 12.1. The van der Waals surface area contributed by atoms with Crippen molar-refractivity contribution in [3.8, 4) is 11.3 Å². The Morgan fingerprint density at radius 1 is 1.04 bits per heavy atom. The molecule has 0 aliphatic rings. The molecular weight excluding hydrogens is 346 g/mol. The molecule has 0 unspecified atom stereocenters. The molecule has 0 aliphatic heterocycles. The number of carbonyl (C=O) groups is 1. The molecule has 0 N–H and O–H groups in total. The molecule has 0 atom stereocenters. The summed E-state index contributed by atoms with van der Waals surface area (Å²) in [5.41, 5.74) is 2.35. The van der Waals surface area contributed by atoms with E-state index in [4.69, 9.17) is 4.74 Å². The molecule has 0 aliphatic carbocycles. The number of imidazole rings is 1. The molecule has 2 aromatic heterocycles. The molecule has 0 saturated carbocycles. The molecule has 0 bridgehead atoms. The third kappa shape index (κ3) is 2.95. The highest BCUT2D eigenvalue weighted by molar-refractivity contribution is 7.99. The SMILES string of the molecule is COC(=O)c1ccccc1Sc1c(-c2ccccc2)nc2ncccn12. The van der Waals surface area contributed by atoms with Gasteiger partial charge in [-0.3, -0.25) is 4.40 Å². The zero-order chi connectivity index (χ0) is 17.9. The molecule has 0 spiro atoms. The summed E-state index contributed by atoms with van der Waals surface area (Å²) < 4.78 is 6.84. The number of nitrogens with zero attached hydrogens (tertiary/aromatic N) is 3. The first-order valence-corrected chi connectivity index (χ1v) is 8.83. The molecule has 4 aromatic rings. The van der Waals surface area contributed by atoms with E-state index in [1.165, 1.54) is 18.9 Å². The van der Waals surface area contributed by atoms with Gasteiger partial charge in [0, 0.05) is 22.9 Å². The Hall–Kier alpha value is -3.12. The van der Waals surface area contributed by atoms with Gasteiger partial charge in [0.05, 0.1) is 12.7 Å². The minimum atomic E-state index is -0.360. The lowest BCUT2D eigenvalue weighted by molar-refractivity contribution is 0.0597. The number of hydrogen-bond acceptors (Lipinski definition) is 5. The quantitative estimate of drug-likeness (QED) is 0.506. The Morgan fingerprint density at radius 2 is 1.81 bits per heavy atom.